The van der Waals surface area contributed by atoms with Crippen LogP contribution in [0, 0.1) is 0 Å². The van der Waals surface area contributed by atoms with Gasteiger partial charge in [0.25, 0.3) is 0 Å². The summed E-state index contributed by atoms with van der Waals surface area (Å²) in [6.45, 7) is 1.42. The minimum atomic E-state index is -4.36. The van der Waals surface area contributed by atoms with E-state index >= 15 is 0 Å². The van der Waals surface area contributed by atoms with Gasteiger partial charge in [0.2, 0.25) is 5.90 Å². The summed E-state index contributed by atoms with van der Waals surface area (Å²) in [5.41, 5.74) is -0.119. The zero-order valence-electron chi connectivity index (χ0n) is 11.8. The summed E-state index contributed by atoms with van der Waals surface area (Å²) in [7, 11) is 0. The average Bonchev–Trinajstić information content (AvgIpc) is 2.46. The number of halogens is 3. The summed E-state index contributed by atoms with van der Waals surface area (Å²) in [6.07, 6.45) is -2.58. The fourth-order valence-corrected chi connectivity index (χ4v) is 2.51. The number of ether oxygens (including phenoxy) is 1. The van der Waals surface area contributed by atoms with Crippen molar-refractivity contribution in [1.82, 2.24) is 4.98 Å². The molecule has 0 radical (unpaired) electrons. The number of aromatic nitrogens is 1. The maximum absolute atomic E-state index is 13.0. The van der Waals surface area contributed by atoms with Crippen LogP contribution in [-0.2, 0) is 10.3 Å². The smallest absolute Gasteiger partial charge is 0.393 e. The first kappa shape index (κ1) is 14.6. The van der Waals surface area contributed by atoms with Gasteiger partial charge in [0.05, 0.1) is 12.1 Å². The Bertz CT molecular complexity index is 713. The van der Waals surface area contributed by atoms with E-state index in [0.717, 1.165) is 0 Å². The summed E-state index contributed by atoms with van der Waals surface area (Å²) in [5, 5.41) is 0. The second kappa shape index (κ2) is 5.12. The molecule has 1 aliphatic rings. The molecule has 0 spiro atoms. The van der Waals surface area contributed by atoms with Gasteiger partial charge >= 0.3 is 6.18 Å². The Morgan fingerprint density at radius 3 is 2.55 bits per heavy atom. The van der Waals surface area contributed by atoms with E-state index in [1.54, 1.807) is 30.3 Å². The van der Waals surface area contributed by atoms with Crippen LogP contribution in [0.5, 0.6) is 0 Å². The minimum absolute atomic E-state index is 0.186. The van der Waals surface area contributed by atoms with Crippen molar-refractivity contribution in [3.05, 3.63) is 59.9 Å². The third kappa shape index (κ3) is 2.81. The summed E-state index contributed by atoms with van der Waals surface area (Å²) in [6, 6.07) is 10.5. The molecule has 1 unspecified atom stereocenters. The number of pyridine rings is 1. The lowest BCUT2D eigenvalue weighted by Crippen LogP contribution is -2.37. The number of rotatable bonds is 2. The van der Waals surface area contributed by atoms with Gasteiger partial charge in [0.1, 0.15) is 5.60 Å². The Morgan fingerprint density at radius 2 is 1.86 bits per heavy atom. The number of aliphatic imine (C=N–C) groups is 1. The molecular formula is C16H13F3N2O. The summed E-state index contributed by atoms with van der Waals surface area (Å²) in [4.78, 5) is 8.23. The predicted octanol–water partition coefficient (Wildman–Crippen LogP) is 4.36. The van der Waals surface area contributed by atoms with Gasteiger partial charge in [-0.1, -0.05) is 18.2 Å². The van der Waals surface area contributed by atoms with Crippen molar-refractivity contribution in [2.24, 2.45) is 4.99 Å². The van der Waals surface area contributed by atoms with E-state index in [0.29, 0.717) is 16.8 Å². The molecule has 22 heavy (non-hydrogen) atoms. The number of nitrogens with zero attached hydrogens (tertiary/aromatic N) is 2. The Balaban J connectivity index is 2.09. The van der Waals surface area contributed by atoms with Crippen LogP contribution in [0.1, 0.15) is 24.5 Å². The van der Waals surface area contributed by atoms with Crippen molar-refractivity contribution in [3.63, 3.8) is 0 Å². The van der Waals surface area contributed by atoms with Gasteiger partial charge in [0.15, 0.2) is 0 Å². The standard InChI is InChI=1S/C16H13F3N2O/c1-15(10-16(17,18)19)12-9-20-8-7-13(12)21-14(22-15)11-5-3-2-4-6-11/h2-9H,10H2,1H3. The van der Waals surface area contributed by atoms with Crippen LogP contribution < -0.4 is 0 Å². The van der Waals surface area contributed by atoms with Crippen molar-refractivity contribution < 1.29 is 17.9 Å². The number of fused-ring (bicyclic) bond motifs is 1. The molecule has 2 heterocycles. The second-order valence-electron chi connectivity index (χ2n) is 5.30. The van der Waals surface area contributed by atoms with Crippen molar-refractivity contribution in [3.8, 4) is 0 Å². The van der Waals surface area contributed by atoms with E-state index in [4.69, 9.17) is 4.74 Å². The highest BCUT2D eigenvalue weighted by Gasteiger charge is 2.46. The van der Waals surface area contributed by atoms with Crippen molar-refractivity contribution in [2.45, 2.75) is 25.1 Å². The first-order valence-corrected chi connectivity index (χ1v) is 6.72. The molecule has 2 aromatic rings. The number of benzene rings is 1. The summed E-state index contributed by atoms with van der Waals surface area (Å²) >= 11 is 0. The highest BCUT2D eigenvalue weighted by atomic mass is 19.4. The van der Waals surface area contributed by atoms with E-state index in [1.807, 2.05) is 6.07 Å². The molecule has 0 N–H and O–H groups in total. The first-order chi connectivity index (χ1) is 10.4. The molecule has 0 saturated carbocycles. The van der Waals surface area contributed by atoms with Crippen molar-refractivity contribution >= 4 is 11.6 Å². The zero-order valence-corrected chi connectivity index (χ0v) is 11.8. The van der Waals surface area contributed by atoms with Crippen molar-refractivity contribution in [1.29, 1.82) is 0 Å². The number of alkyl halides is 3. The summed E-state index contributed by atoms with van der Waals surface area (Å²) in [5.74, 6) is 0.186. The largest absolute Gasteiger partial charge is 0.465 e. The lowest BCUT2D eigenvalue weighted by molar-refractivity contribution is -0.171. The maximum Gasteiger partial charge on any atom is 0.393 e. The van der Waals surface area contributed by atoms with E-state index in [-0.39, 0.29) is 5.90 Å². The van der Waals surface area contributed by atoms with Crippen molar-refractivity contribution in [2.75, 3.05) is 0 Å². The summed E-state index contributed by atoms with van der Waals surface area (Å²) < 4.78 is 44.6. The average molecular weight is 306 g/mol. The van der Waals surface area contributed by atoms with Gasteiger partial charge in [-0.15, -0.1) is 0 Å². The molecule has 0 bridgehead atoms. The molecule has 1 atom stereocenters. The van der Waals surface area contributed by atoms with Crippen LogP contribution in [0.25, 0.3) is 0 Å². The third-order valence-electron chi connectivity index (χ3n) is 3.47. The van der Waals surface area contributed by atoms with Gasteiger partial charge in [-0.25, -0.2) is 4.99 Å². The Hall–Kier alpha value is -2.37. The van der Waals surface area contributed by atoms with Crippen LogP contribution in [0.15, 0.2) is 53.8 Å². The monoisotopic (exact) mass is 306 g/mol. The molecular weight excluding hydrogens is 293 g/mol. The highest BCUT2D eigenvalue weighted by molar-refractivity contribution is 5.97. The highest BCUT2D eigenvalue weighted by Crippen LogP contribution is 2.44. The second-order valence-corrected chi connectivity index (χ2v) is 5.30. The van der Waals surface area contributed by atoms with Gasteiger partial charge in [0, 0.05) is 23.5 Å². The number of hydrogen-bond donors (Lipinski definition) is 0. The molecule has 6 heteroatoms. The van der Waals surface area contributed by atoms with Gasteiger partial charge in [-0.3, -0.25) is 4.98 Å². The Labute approximate surface area is 125 Å². The van der Waals surface area contributed by atoms with E-state index < -0.39 is 18.2 Å². The van der Waals surface area contributed by atoms with Crippen LogP contribution >= 0.6 is 0 Å². The first-order valence-electron chi connectivity index (χ1n) is 6.72. The molecule has 114 valence electrons. The lowest BCUT2D eigenvalue weighted by atomic mass is 9.90. The van der Waals surface area contributed by atoms with E-state index in [9.17, 15) is 13.2 Å². The van der Waals surface area contributed by atoms with Gasteiger partial charge in [-0.05, 0) is 25.1 Å². The molecule has 3 rings (SSSR count). The molecule has 3 nitrogen and oxygen atoms in total. The van der Waals surface area contributed by atoms with Crippen LogP contribution in [-0.4, -0.2) is 17.1 Å². The molecule has 1 aromatic carbocycles. The molecule has 0 fully saturated rings. The van der Waals surface area contributed by atoms with E-state index in [2.05, 4.69) is 9.98 Å². The molecule has 1 aromatic heterocycles. The Kier molecular flexibility index (Phi) is 3.39. The van der Waals surface area contributed by atoms with Crippen LogP contribution in [0.2, 0.25) is 0 Å². The van der Waals surface area contributed by atoms with Crippen LogP contribution in [0.3, 0.4) is 0 Å². The topological polar surface area (TPSA) is 34.5 Å². The third-order valence-corrected chi connectivity index (χ3v) is 3.47. The SMILES string of the molecule is CC1(CC(F)(F)F)OC(c2ccccc2)=Nc2ccncc21. The normalized spacial score (nSPS) is 20.8. The molecule has 1 aliphatic heterocycles. The molecule has 0 aliphatic carbocycles. The zero-order chi connectivity index (χ0) is 15.8. The van der Waals surface area contributed by atoms with Crippen LogP contribution in [0.4, 0.5) is 18.9 Å². The van der Waals surface area contributed by atoms with Gasteiger partial charge < -0.3 is 4.74 Å². The quantitative estimate of drug-likeness (QED) is 0.826. The lowest BCUT2D eigenvalue weighted by Gasteiger charge is -2.35. The van der Waals surface area contributed by atoms with Gasteiger partial charge in [-0.2, -0.15) is 13.2 Å². The Morgan fingerprint density at radius 1 is 1.14 bits per heavy atom. The number of hydrogen-bond acceptors (Lipinski definition) is 3. The maximum atomic E-state index is 13.0. The van der Waals surface area contributed by atoms with E-state index in [1.165, 1.54) is 19.3 Å². The molecule has 0 amide bonds. The fraction of sp³-hybridized carbons (Fsp3) is 0.250. The minimum Gasteiger partial charge on any atom is -0.465 e. The predicted molar refractivity (Wildman–Crippen MR) is 76.0 cm³/mol. The molecule has 0 saturated heterocycles. The fourth-order valence-electron chi connectivity index (χ4n) is 2.51.